The van der Waals surface area contributed by atoms with Crippen molar-refractivity contribution in [3.63, 3.8) is 0 Å². The van der Waals surface area contributed by atoms with Crippen LogP contribution in [0.25, 0.3) is 0 Å². The van der Waals surface area contributed by atoms with E-state index in [9.17, 15) is 9.59 Å². The summed E-state index contributed by atoms with van der Waals surface area (Å²) in [5.41, 5.74) is 1.00. The van der Waals surface area contributed by atoms with Crippen LogP contribution in [0.1, 0.15) is 33.7 Å². The van der Waals surface area contributed by atoms with Gasteiger partial charge in [0.2, 0.25) is 0 Å². The predicted octanol–water partition coefficient (Wildman–Crippen LogP) is 1.51. The minimum Gasteiger partial charge on any atom is -0.347 e. The van der Waals surface area contributed by atoms with Gasteiger partial charge in [-0.1, -0.05) is 18.2 Å². The zero-order valence-electron chi connectivity index (χ0n) is 13.1. The van der Waals surface area contributed by atoms with Crippen LogP contribution >= 0.6 is 0 Å². The molecule has 6 heteroatoms. The van der Waals surface area contributed by atoms with E-state index in [0.717, 1.165) is 19.4 Å². The summed E-state index contributed by atoms with van der Waals surface area (Å²) in [7, 11) is 0. The van der Waals surface area contributed by atoms with Gasteiger partial charge in [-0.15, -0.1) is 0 Å². The van der Waals surface area contributed by atoms with Gasteiger partial charge in [0.1, 0.15) is 5.69 Å². The topological polar surface area (TPSA) is 75.2 Å². The number of piperidine rings is 1. The highest BCUT2D eigenvalue weighted by Crippen LogP contribution is 2.38. The molecular weight excluding hydrogens is 304 g/mol. The first kappa shape index (κ1) is 14.8. The zero-order valence-corrected chi connectivity index (χ0v) is 13.1. The van der Waals surface area contributed by atoms with Crippen LogP contribution < -0.4 is 5.32 Å². The summed E-state index contributed by atoms with van der Waals surface area (Å²) in [6.45, 7) is 0.734. The summed E-state index contributed by atoms with van der Waals surface area (Å²) in [5.74, 6) is 0.256. The summed E-state index contributed by atoms with van der Waals surface area (Å²) in [6.07, 6.45) is 6.43. The first-order valence-corrected chi connectivity index (χ1v) is 8.15. The Balaban J connectivity index is 1.47. The minimum atomic E-state index is -0.103. The highest BCUT2D eigenvalue weighted by molar-refractivity contribution is 5.95. The molecule has 1 saturated heterocycles. The summed E-state index contributed by atoms with van der Waals surface area (Å²) in [6, 6.07) is 9.21. The second kappa shape index (κ2) is 6.03. The van der Waals surface area contributed by atoms with Gasteiger partial charge < -0.3 is 10.2 Å². The Morgan fingerprint density at radius 2 is 1.96 bits per heavy atom. The highest BCUT2D eigenvalue weighted by atomic mass is 16.2. The van der Waals surface area contributed by atoms with Crippen molar-refractivity contribution >= 4 is 11.8 Å². The van der Waals surface area contributed by atoms with Crippen LogP contribution in [0.2, 0.25) is 0 Å². The van der Waals surface area contributed by atoms with Gasteiger partial charge in [0, 0.05) is 30.5 Å². The normalized spacial score (nSPS) is 24.8. The molecule has 2 aliphatic rings. The SMILES string of the molecule is O=C(N[C@H]1C[C@@H]2C[C@H]1N(C(=O)c1cnccn1)C2)c1ccccc1. The quantitative estimate of drug-likeness (QED) is 0.929. The summed E-state index contributed by atoms with van der Waals surface area (Å²) < 4.78 is 0. The number of fused-ring (bicyclic) bond motifs is 2. The molecule has 1 aromatic heterocycles. The fourth-order valence-electron chi connectivity index (χ4n) is 3.81. The molecule has 2 bridgehead atoms. The molecule has 0 radical (unpaired) electrons. The van der Waals surface area contributed by atoms with E-state index in [1.807, 2.05) is 23.1 Å². The lowest BCUT2D eigenvalue weighted by Crippen LogP contribution is -2.52. The summed E-state index contributed by atoms with van der Waals surface area (Å²) >= 11 is 0. The summed E-state index contributed by atoms with van der Waals surface area (Å²) in [5, 5.41) is 3.09. The number of nitrogens with one attached hydrogen (secondary N) is 1. The molecule has 2 aromatic rings. The Morgan fingerprint density at radius 1 is 1.12 bits per heavy atom. The number of amides is 2. The van der Waals surface area contributed by atoms with Gasteiger partial charge in [0.25, 0.3) is 11.8 Å². The fraction of sp³-hybridized carbons (Fsp3) is 0.333. The maximum absolute atomic E-state index is 12.6. The maximum atomic E-state index is 12.6. The third-order valence-electron chi connectivity index (χ3n) is 4.88. The molecule has 24 heavy (non-hydrogen) atoms. The van der Waals surface area contributed by atoms with E-state index in [4.69, 9.17) is 0 Å². The van der Waals surface area contributed by atoms with E-state index in [2.05, 4.69) is 15.3 Å². The molecule has 1 N–H and O–H groups in total. The van der Waals surface area contributed by atoms with Crippen LogP contribution in [0.4, 0.5) is 0 Å². The van der Waals surface area contributed by atoms with Crippen molar-refractivity contribution in [2.75, 3.05) is 6.54 Å². The number of hydrogen-bond acceptors (Lipinski definition) is 4. The second-order valence-corrected chi connectivity index (χ2v) is 6.40. The number of benzene rings is 1. The molecule has 2 amide bonds. The first-order valence-electron chi connectivity index (χ1n) is 8.15. The molecule has 2 fully saturated rings. The van der Waals surface area contributed by atoms with Crippen LogP contribution in [-0.4, -0.2) is 45.3 Å². The Labute approximate surface area is 139 Å². The van der Waals surface area contributed by atoms with E-state index < -0.39 is 0 Å². The molecule has 122 valence electrons. The monoisotopic (exact) mass is 322 g/mol. The lowest BCUT2D eigenvalue weighted by atomic mass is 10.0. The smallest absolute Gasteiger partial charge is 0.274 e. The van der Waals surface area contributed by atoms with Crippen molar-refractivity contribution in [2.45, 2.75) is 24.9 Å². The Hall–Kier alpha value is -2.76. The third-order valence-corrected chi connectivity index (χ3v) is 4.88. The molecule has 6 nitrogen and oxygen atoms in total. The maximum Gasteiger partial charge on any atom is 0.274 e. The first-order chi connectivity index (χ1) is 11.7. The summed E-state index contributed by atoms with van der Waals surface area (Å²) in [4.78, 5) is 34.9. The van der Waals surface area contributed by atoms with Crippen molar-refractivity contribution in [1.82, 2.24) is 20.2 Å². The minimum absolute atomic E-state index is 0.00271. The van der Waals surface area contributed by atoms with Crippen LogP contribution in [-0.2, 0) is 0 Å². The van der Waals surface area contributed by atoms with Crippen molar-refractivity contribution in [1.29, 1.82) is 0 Å². The van der Waals surface area contributed by atoms with E-state index in [0.29, 0.717) is 17.2 Å². The predicted molar refractivity (Wildman–Crippen MR) is 87.3 cm³/mol. The van der Waals surface area contributed by atoms with Crippen LogP contribution in [0.15, 0.2) is 48.9 Å². The van der Waals surface area contributed by atoms with Gasteiger partial charge in [-0.3, -0.25) is 14.6 Å². The largest absolute Gasteiger partial charge is 0.347 e. The molecule has 1 aromatic carbocycles. The van der Waals surface area contributed by atoms with Gasteiger partial charge in [-0.25, -0.2) is 4.98 Å². The van der Waals surface area contributed by atoms with Crippen molar-refractivity contribution in [3.05, 3.63) is 60.2 Å². The van der Waals surface area contributed by atoms with Gasteiger partial charge in [-0.2, -0.15) is 0 Å². The lowest BCUT2D eigenvalue weighted by Gasteiger charge is -2.33. The molecule has 1 aliphatic heterocycles. The second-order valence-electron chi connectivity index (χ2n) is 6.40. The molecule has 4 rings (SSSR count). The number of carbonyl (C=O) groups is 2. The number of nitrogens with zero attached hydrogens (tertiary/aromatic N) is 3. The van der Waals surface area contributed by atoms with Gasteiger partial charge in [-0.05, 0) is 30.9 Å². The standard InChI is InChI=1S/C18H18N4O2/c23-17(13-4-2-1-3-5-13)21-14-8-12-9-16(14)22(11-12)18(24)15-10-19-6-7-20-15/h1-7,10,12,14,16H,8-9,11H2,(H,21,23)/t12-,14+,16-/m1/s1. The van der Waals surface area contributed by atoms with Crippen LogP contribution in [0.3, 0.4) is 0 Å². The van der Waals surface area contributed by atoms with E-state index in [-0.39, 0.29) is 23.9 Å². The third kappa shape index (κ3) is 2.64. The molecule has 1 aliphatic carbocycles. The van der Waals surface area contributed by atoms with Gasteiger partial charge >= 0.3 is 0 Å². The van der Waals surface area contributed by atoms with Crippen molar-refractivity contribution in [3.8, 4) is 0 Å². The molecule has 0 spiro atoms. The van der Waals surface area contributed by atoms with Crippen molar-refractivity contribution in [2.24, 2.45) is 5.92 Å². The zero-order chi connectivity index (χ0) is 16.5. The lowest BCUT2D eigenvalue weighted by molar-refractivity contribution is 0.0642. The number of likely N-dealkylation sites (tertiary alicyclic amines) is 1. The number of carbonyl (C=O) groups excluding carboxylic acids is 2. The van der Waals surface area contributed by atoms with Gasteiger partial charge in [0.15, 0.2) is 0 Å². The van der Waals surface area contributed by atoms with E-state index in [1.165, 1.54) is 12.4 Å². The highest BCUT2D eigenvalue weighted by Gasteiger charge is 2.47. The van der Waals surface area contributed by atoms with Crippen LogP contribution in [0.5, 0.6) is 0 Å². The number of aromatic nitrogens is 2. The Bertz CT molecular complexity index is 748. The average Bonchev–Trinajstić information content (AvgIpc) is 3.23. The average molecular weight is 322 g/mol. The number of rotatable bonds is 3. The van der Waals surface area contributed by atoms with E-state index in [1.54, 1.807) is 18.3 Å². The molecule has 3 atom stereocenters. The fourth-order valence-corrected chi connectivity index (χ4v) is 3.81. The van der Waals surface area contributed by atoms with Crippen molar-refractivity contribution < 1.29 is 9.59 Å². The van der Waals surface area contributed by atoms with E-state index >= 15 is 0 Å². The van der Waals surface area contributed by atoms with Crippen LogP contribution in [0, 0.1) is 5.92 Å². The molecule has 2 heterocycles. The Kier molecular flexibility index (Phi) is 3.72. The molecular formula is C18H18N4O2. The van der Waals surface area contributed by atoms with Gasteiger partial charge in [0.05, 0.1) is 12.2 Å². The number of hydrogen-bond donors (Lipinski definition) is 1. The Morgan fingerprint density at radius 3 is 2.67 bits per heavy atom. The molecule has 1 saturated carbocycles. The molecule has 0 unspecified atom stereocenters.